The minimum Gasteiger partial charge on any atom is -0.497 e. The Morgan fingerprint density at radius 1 is 1.06 bits per heavy atom. The van der Waals surface area contributed by atoms with Crippen molar-refractivity contribution in [1.82, 2.24) is 0 Å². The molecule has 2 heteroatoms. The molecule has 0 fully saturated rings. The van der Waals surface area contributed by atoms with E-state index in [-0.39, 0.29) is 0 Å². The lowest BCUT2D eigenvalue weighted by Crippen LogP contribution is -1.86. The van der Waals surface area contributed by atoms with Crippen LogP contribution in [-0.2, 0) is 11.2 Å². The summed E-state index contributed by atoms with van der Waals surface area (Å²) in [6.07, 6.45) is 1.39. The summed E-state index contributed by atoms with van der Waals surface area (Å²) in [6, 6.07) is 15.9. The first-order chi connectivity index (χ1) is 8.33. The molecule has 0 aliphatic carbocycles. The lowest BCUT2D eigenvalue weighted by molar-refractivity contribution is -0.107. The Labute approximate surface area is 101 Å². The number of carbonyl (C=O) groups is 1. The molecule has 0 aromatic heterocycles. The predicted octanol–water partition coefficient (Wildman–Crippen LogP) is 3.10. The van der Waals surface area contributed by atoms with Gasteiger partial charge < -0.3 is 9.53 Å². The van der Waals surface area contributed by atoms with Crippen LogP contribution in [0.5, 0.6) is 5.75 Å². The average molecular weight is 226 g/mol. The van der Waals surface area contributed by atoms with E-state index in [0.29, 0.717) is 6.42 Å². The molecule has 0 saturated carbocycles. The number of benzene rings is 2. The van der Waals surface area contributed by atoms with E-state index < -0.39 is 0 Å². The zero-order valence-electron chi connectivity index (χ0n) is 9.72. The molecule has 2 aromatic rings. The normalized spacial score (nSPS) is 9.94. The molecule has 2 aromatic carbocycles. The summed E-state index contributed by atoms with van der Waals surface area (Å²) in [5, 5.41) is 0. The van der Waals surface area contributed by atoms with Crippen molar-refractivity contribution < 1.29 is 9.53 Å². The standard InChI is InChI=1S/C15H14O2/c1-17-15-4-2-3-14(11-15)13-7-5-12(6-8-13)9-10-16/h2-8,10-11H,9H2,1H3. The van der Waals surface area contributed by atoms with E-state index >= 15 is 0 Å². The molecular formula is C15H14O2. The Hall–Kier alpha value is -2.09. The highest BCUT2D eigenvalue weighted by atomic mass is 16.5. The quantitative estimate of drug-likeness (QED) is 0.749. The Bertz CT molecular complexity index is 501. The number of hydrogen-bond donors (Lipinski definition) is 0. The van der Waals surface area contributed by atoms with Crippen LogP contribution >= 0.6 is 0 Å². The molecule has 0 heterocycles. The van der Waals surface area contributed by atoms with Gasteiger partial charge in [0.05, 0.1) is 7.11 Å². The van der Waals surface area contributed by atoms with Crippen LogP contribution < -0.4 is 4.74 Å². The highest BCUT2D eigenvalue weighted by molar-refractivity contribution is 5.66. The van der Waals surface area contributed by atoms with Gasteiger partial charge in [-0.1, -0.05) is 36.4 Å². The zero-order chi connectivity index (χ0) is 12.1. The Kier molecular flexibility index (Phi) is 3.55. The lowest BCUT2D eigenvalue weighted by atomic mass is 10.0. The Balaban J connectivity index is 2.29. The highest BCUT2D eigenvalue weighted by Gasteiger charge is 1.99. The number of rotatable bonds is 4. The van der Waals surface area contributed by atoms with Crippen molar-refractivity contribution in [3.8, 4) is 16.9 Å². The van der Waals surface area contributed by atoms with Crippen LogP contribution in [0.2, 0.25) is 0 Å². The fraction of sp³-hybridized carbons (Fsp3) is 0.133. The summed E-state index contributed by atoms with van der Waals surface area (Å²) in [7, 11) is 1.66. The first-order valence-corrected chi connectivity index (χ1v) is 5.50. The van der Waals surface area contributed by atoms with E-state index in [9.17, 15) is 4.79 Å². The van der Waals surface area contributed by atoms with E-state index in [2.05, 4.69) is 0 Å². The Morgan fingerprint density at radius 3 is 2.47 bits per heavy atom. The topological polar surface area (TPSA) is 26.3 Å². The first-order valence-electron chi connectivity index (χ1n) is 5.50. The summed E-state index contributed by atoms with van der Waals surface area (Å²) in [4.78, 5) is 10.4. The highest BCUT2D eigenvalue weighted by Crippen LogP contribution is 2.23. The minimum absolute atomic E-state index is 0.471. The first kappa shape index (κ1) is 11.4. The maximum atomic E-state index is 10.4. The molecule has 0 unspecified atom stereocenters. The van der Waals surface area contributed by atoms with Gasteiger partial charge >= 0.3 is 0 Å². The molecule has 0 spiro atoms. The second kappa shape index (κ2) is 5.30. The van der Waals surface area contributed by atoms with Crippen LogP contribution in [0.3, 0.4) is 0 Å². The molecule has 86 valence electrons. The maximum absolute atomic E-state index is 10.4. The van der Waals surface area contributed by atoms with Crippen LogP contribution in [0.4, 0.5) is 0 Å². The van der Waals surface area contributed by atoms with Crippen molar-refractivity contribution >= 4 is 6.29 Å². The van der Waals surface area contributed by atoms with E-state index in [1.807, 2.05) is 48.5 Å². The number of carbonyl (C=O) groups excluding carboxylic acids is 1. The van der Waals surface area contributed by atoms with Gasteiger partial charge in [0, 0.05) is 6.42 Å². The molecule has 0 N–H and O–H groups in total. The molecule has 0 bridgehead atoms. The van der Waals surface area contributed by atoms with Crippen molar-refractivity contribution in [3.05, 3.63) is 54.1 Å². The third-order valence-electron chi connectivity index (χ3n) is 2.68. The summed E-state index contributed by atoms with van der Waals surface area (Å²) < 4.78 is 5.19. The monoisotopic (exact) mass is 226 g/mol. The van der Waals surface area contributed by atoms with Gasteiger partial charge in [-0.3, -0.25) is 0 Å². The smallest absolute Gasteiger partial charge is 0.124 e. The van der Waals surface area contributed by atoms with Gasteiger partial charge in [0.15, 0.2) is 0 Å². The SMILES string of the molecule is COc1cccc(-c2ccc(CC=O)cc2)c1. The number of hydrogen-bond acceptors (Lipinski definition) is 2. The van der Waals surface area contributed by atoms with E-state index in [1.165, 1.54) is 0 Å². The molecule has 0 aliphatic heterocycles. The average Bonchev–Trinajstić information content (AvgIpc) is 2.40. The third kappa shape index (κ3) is 2.72. The number of ether oxygens (including phenoxy) is 1. The largest absolute Gasteiger partial charge is 0.497 e. The van der Waals surface area contributed by atoms with Gasteiger partial charge in [-0.15, -0.1) is 0 Å². The summed E-state index contributed by atoms with van der Waals surface area (Å²) >= 11 is 0. The van der Waals surface area contributed by atoms with Crippen LogP contribution in [0.1, 0.15) is 5.56 Å². The van der Waals surface area contributed by atoms with Crippen molar-refractivity contribution in [1.29, 1.82) is 0 Å². The third-order valence-corrected chi connectivity index (χ3v) is 2.68. The summed E-state index contributed by atoms with van der Waals surface area (Å²) in [6.45, 7) is 0. The summed E-state index contributed by atoms with van der Waals surface area (Å²) in [5.74, 6) is 0.847. The second-order valence-corrected chi connectivity index (χ2v) is 3.80. The van der Waals surface area contributed by atoms with Gasteiger partial charge in [-0.05, 0) is 28.8 Å². The molecule has 17 heavy (non-hydrogen) atoms. The van der Waals surface area contributed by atoms with E-state index in [1.54, 1.807) is 7.11 Å². The molecule has 2 rings (SSSR count). The van der Waals surface area contributed by atoms with Gasteiger partial charge in [0.25, 0.3) is 0 Å². The lowest BCUT2D eigenvalue weighted by Gasteiger charge is -2.05. The predicted molar refractivity (Wildman–Crippen MR) is 68.2 cm³/mol. The fourth-order valence-electron chi connectivity index (χ4n) is 1.73. The second-order valence-electron chi connectivity index (χ2n) is 3.80. The summed E-state index contributed by atoms with van der Waals surface area (Å²) in [5.41, 5.74) is 3.27. The van der Waals surface area contributed by atoms with E-state index in [4.69, 9.17) is 4.74 Å². The van der Waals surface area contributed by atoms with Crippen molar-refractivity contribution in [2.75, 3.05) is 7.11 Å². The van der Waals surface area contributed by atoms with E-state index in [0.717, 1.165) is 28.7 Å². The van der Waals surface area contributed by atoms with Crippen molar-refractivity contribution in [3.63, 3.8) is 0 Å². The molecule has 0 aliphatic rings. The van der Waals surface area contributed by atoms with Crippen LogP contribution in [0.15, 0.2) is 48.5 Å². The van der Waals surface area contributed by atoms with Crippen LogP contribution in [-0.4, -0.2) is 13.4 Å². The van der Waals surface area contributed by atoms with Crippen LogP contribution in [0.25, 0.3) is 11.1 Å². The maximum Gasteiger partial charge on any atom is 0.124 e. The molecule has 0 atom stereocenters. The zero-order valence-corrected chi connectivity index (χ0v) is 9.72. The molecule has 0 radical (unpaired) electrons. The van der Waals surface area contributed by atoms with Gasteiger partial charge in [-0.25, -0.2) is 0 Å². The fourth-order valence-corrected chi connectivity index (χ4v) is 1.73. The van der Waals surface area contributed by atoms with Gasteiger partial charge in [0.1, 0.15) is 12.0 Å². The van der Waals surface area contributed by atoms with Crippen molar-refractivity contribution in [2.24, 2.45) is 0 Å². The molecular weight excluding hydrogens is 212 g/mol. The molecule has 0 amide bonds. The molecule has 2 nitrogen and oxygen atoms in total. The minimum atomic E-state index is 0.471. The van der Waals surface area contributed by atoms with Crippen molar-refractivity contribution in [2.45, 2.75) is 6.42 Å². The van der Waals surface area contributed by atoms with Gasteiger partial charge in [0.2, 0.25) is 0 Å². The molecule has 0 saturated heterocycles. The number of aldehydes is 1. The van der Waals surface area contributed by atoms with Crippen LogP contribution in [0, 0.1) is 0 Å². The number of methoxy groups -OCH3 is 1. The van der Waals surface area contributed by atoms with Gasteiger partial charge in [-0.2, -0.15) is 0 Å². The Morgan fingerprint density at radius 2 is 1.82 bits per heavy atom.